The smallest absolute Gasteiger partial charge is 0.257 e. The number of rotatable bonds is 7. The average molecular weight is 341 g/mol. The number of nitrogens with one attached hydrogen (secondary N) is 1. The highest BCUT2D eigenvalue weighted by molar-refractivity contribution is 5.77. The van der Waals surface area contributed by atoms with Gasteiger partial charge in [0, 0.05) is 6.54 Å². The number of aryl methyl sites for hydroxylation is 3. The second-order valence-corrected chi connectivity index (χ2v) is 6.51. The molecule has 0 heterocycles. The van der Waals surface area contributed by atoms with Crippen molar-refractivity contribution < 1.29 is 13.9 Å². The number of benzene rings is 2. The highest BCUT2D eigenvalue weighted by atomic mass is 19.1. The topological polar surface area (TPSA) is 38.3 Å². The normalized spacial score (nSPS) is 13.2. The number of ether oxygens (including phenoxy) is 1. The summed E-state index contributed by atoms with van der Waals surface area (Å²) in [5, 5.41) is 2.86. The number of halogens is 1. The minimum Gasteiger partial charge on any atom is -0.484 e. The lowest BCUT2D eigenvalue weighted by atomic mass is 9.92. The highest BCUT2D eigenvalue weighted by Gasteiger charge is 2.10. The van der Waals surface area contributed by atoms with Crippen molar-refractivity contribution in [1.82, 2.24) is 5.32 Å². The average Bonchev–Trinajstić information content (AvgIpc) is 2.65. The van der Waals surface area contributed by atoms with Crippen LogP contribution in [0, 0.1) is 5.82 Å². The first-order valence-corrected chi connectivity index (χ1v) is 8.96. The summed E-state index contributed by atoms with van der Waals surface area (Å²) in [4.78, 5) is 11.9. The molecule has 0 fully saturated rings. The van der Waals surface area contributed by atoms with Crippen molar-refractivity contribution in [3.05, 3.63) is 65.0 Å². The van der Waals surface area contributed by atoms with Crippen LogP contribution in [0.3, 0.4) is 0 Å². The quantitative estimate of drug-likeness (QED) is 0.777. The molecule has 4 heteroatoms. The van der Waals surface area contributed by atoms with Gasteiger partial charge in [0.1, 0.15) is 11.6 Å². The summed E-state index contributed by atoms with van der Waals surface area (Å²) in [5.41, 5.74) is 3.83. The van der Waals surface area contributed by atoms with Gasteiger partial charge < -0.3 is 10.1 Å². The number of hydrogen-bond acceptors (Lipinski definition) is 2. The predicted octanol–water partition coefficient (Wildman–Crippen LogP) is 3.83. The lowest BCUT2D eigenvalue weighted by molar-refractivity contribution is -0.123. The lowest BCUT2D eigenvalue weighted by Crippen LogP contribution is -2.29. The minimum atomic E-state index is -0.226. The third-order valence-corrected chi connectivity index (χ3v) is 4.57. The molecule has 0 bridgehead atoms. The van der Waals surface area contributed by atoms with Crippen LogP contribution in [-0.2, 0) is 24.1 Å². The van der Waals surface area contributed by atoms with Gasteiger partial charge in [0.2, 0.25) is 0 Å². The van der Waals surface area contributed by atoms with Crippen molar-refractivity contribution in [3.63, 3.8) is 0 Å². The van der Waals surface area contributed by atoms with Gasteiger partial charge in [-0.1, -0.05) is 18.2 Å². The molecule has 0 radical (unpaired) electrons. The van der Waals surface area contributed by atoms with Gasteiger partial charge in [-0.15, -0.1) is 0 Å². The number of hydrogen-bond donors (Lipinski definition) is 1. The van der Waals surface area contributed by atoms with Gasteiger partial charge in [0.25, 0.3) is 5.91 Å². The molecule has 1 aliphatic carbocycles. The Labute approximate surface area is 148 Å². The summed E-state index contributed by atoms with van der Waals surface area (Å²) >= 11 is 0. The van der Waals surface area contributed by atoms with E-state index in [0.717, 1.165) is 37.0 Å². The monoisotopic (exact) mass is 341 g/mol. The fourth-order valence-corrected chi connectivity index (χ4v) is 3.17. The summed E-state index contributed by atoms with van der Waals surface area (Å²) in [6, 6.07) is 12.6. The van der Waals surface area contributed by atoms with Crippen LogP contribution in [0.25, 0.3) is 0 Å². The Balaban J connectivity index is 1.36. The van der Waals surface area contributed by atoms with E-state index in [-0.39, 0.29) is 18.3 Å². The fourth-order valence-electron chi connectivity index (χ4n) is 3.17. The Kier molecular flexibility index (Phi) is 6.04. The van der Waals surface area contributed by atoms with Crippen LogP contribution in [0.4, 0.5) is 4.39 Å². The van der Waals surface area contributed by atoms with Crippen molar-refractivity contribution >= 4 is 5.91 Å². The molecule has 3 rings (SSSR count). The molecule has 132 valence electrons. The predicted molar refractivity (Wildman–Crippen MR) is 96.3 cm³/mol. The van der Waals surface area contributed by atoms with Crippen molar-refractivity contribution in [2.75, 3.05) is 13.2 Å². The molecule has 1 amide bonds. The van der Waals surface area contributed by atoms with Gasteiger partial charge in [-0.05, 0) is 79.5 Å². The summed E-state index contributed by atoms with van der Waals surface area (Å²) in [6.45, 7) is 0.624. The Morgan fingerprint density at radius 2 is 1.80 bits per heavy atom. The standard InChI is InChI=1S/C21H24FNO2/c22-19-10-7-16(8-11-19)4-3-13-23-21(24)15-25-20-12-9-17-5-1-2-6-18(17)14-20/h7-12,14H,1-6,13,15H2,(H,23,24). The molecule has 0 aromatic heterocycles. The van der Waals surface area contributed by atoms with E-state index in [1.807, 2.05) is 6.07 Å². The maximum atomic E-state index is 12.8. The highest BCUT2D eigenvalue weighted by Crippen LogP contribution is 2.25. The first-order chi connectivity index (χ1) is 12.2. The van der Waals surface area contributed by atoms with Crippen LogP contribution >= 0.6 is 0 Å². The molecular formula is C21H24FNO2. The van der Waals surface area contributed by atoms with Gasteiger partial charge in [-0.25, -0.2) is 4.39 Å². The zero-order valence-electron chi connectivity index (χ0n) is 14.4. The zero-order chi connectivity index (χ0) is 17.5. The minimum absolute atomic E-state index is 0.0370. The van der Waals surface area contributed by atoms with Gasteiger partial charge in [-0.3, -0.25) is 4.79 Å². The summed E-state index contributed by atoms with van der Waals surface area (Å²) in [7, 11) is 0. The zero-order valence-corrected chi connectivity index (χ0v) is 14.4. The second kappa shape index (κ2) is 8.65. The van der Waals surface area contributed by atoms with Crippen molar-refractivity contribution in [3.8, 4) is 5.75 Å². The molecular weight excluding hydrogens is 317 g/mol. The van der Waals surface area contributed by atoms with E-state index in [1.165, 1.54) is 36.1 Å². The second-order valence-electron chi connectivity index (χ2n) is 6.51. The van der Waals surface area contributed by atoms with E-state index in [9.17, 15) is 9.18 Å². The summed E-state index contributed by atoms with van der Waals surface area (Å²) in [5.74, 6) is 0.426. The van der Waals surface area contributed by atoms with Crippen molar-refractivity contribution in [2.45, 2.75) is 38.5 Å². The summed E-state index contributed by atoms with van der Waals surface area (Å²) < 4.78 is 18.4. The Bertz CT molecular complexity index is 712. The molecule has 2 aromatic rings. The van der Waals surface area contributed by atoms with E-state index in [4.69, 9.17) is 4.74 Å². The van der Waals surface area contributed by atoms with Crippen LogP contribution in [-0.4, -0.2) is 19.1 Å². The molecule has 1 N–H and O–H groups in total. The van der Waals surface area contributed by atoms with E-state index < -0.39 is 0 Å². The number of carbonyl (C=O) groups excluding carboxylic acids is 1. The van der Waals surface area contributed by atoms with Crippen molar-refractivity contribution in [2.24, 2.45) is 0 Å². The van der Waals surface area contributed by atoms with Crippen LogP contribution < -0.4 is 10.1 Å². The maximum Gasteiger partial charge on any atom is 0.257 e. The van der Waals surface area contributed by atoms with Crippen LogP contribution in [0.2, 0.25) is 0 Å². The molecule has 0 aliphatic heterocycles. The third-order valence-electron chi connectivity index (χ3n) is 4.57. The number of fused-ring (bicyclic) bond motifs is 1. The Morgan fingerprint density at radius 3 is 2.60 bits per heavy atom. The first kappa shape index (κ1) is 17.5. The molecule has 25 heavy (non-hydrogen) atoms. The van der Waals surface area contributed by atoms with E-state index >= 15 is 0 Å². The van der Waals surface area contributed by atoms with E-state index in [1.54, 1.807) is 12.1 Å². The fraction of sp³-hybridized carbons (Fsp3) is 0.381. The molecule has 0 saturated heterocycles. The maximum absolute atomic E-state index is 12.8. The molecule has 2 aromatic carbocycles. The van der Waals surface area contributed by atoms with Gasteiger partial charge in [-0.2, -0.15) is 0 Å². The molecule has 1 aliphatic rings. The first-order valence-electron chi connectivity index (χ1n) is 8.96. The molecule has 3 nitrogen and oxygen atoms in total. The lowest BCUT2D eigenvalue weighted by Gasteiger charge is -2.16. The van der Waals surface area contributed by atoms with E-state index in [2.05, 4.69) is 17.4 Å². The molecule has 0 atom stereocenters. The summed E-state index contributed by atoms with van der Waals surface area (Å²) in [6.07, 6.45) is 6.35. The SMILES string of the molecule is O=C(COc1ccc2c(c1)CCCC2)NCCCc1ccc(F)cc1. The molecule has 0 saturated carbocycles. The van der Waals surface area contributed by atoms with Crippen molar-refractivity contribution in [1.29, 1.82) is 0 Å². The van der Waals surface area contributed by atoms with Crippen LogP contribution in [0.5, 0.6) is 5.75 Å². The number of carbonyl (C=O) groups is 1. The van der Waals surface area contributed by atoms with Gasteiger partial charge >= 0.3 is 0 Å². The molecule has 0 unspecified atom stereocenters. The molecule has 0 spiro atoms. The van der Waals surface area contributed by atoms with Gasteiger partial charge in [0.05, 0.1) is 0 Å². The van der Waals surface area contributed by atoms with E-state index in [0.29, 0.717) is 6.54 Å². The largest absolute Gasteiger partial charge is 0.484 e. The van der Waals surface area contributed by atoms with Crippen LogP contribution in [0.15, 0.2) is 42.5 Å². The van der Waals surface area contributed by atoms with Crippen LogP contribution in [0.1, 0.15) is 36.0 Å². The van der Waals surface area contributed by atoms with Gasteiger partial charge in [0.15, 0.2) is 6.61 Å². The Hall–Kier alpha value is -2.36. The number of amides is 1. The third kappa shape index (κ3) is 5.31. The Morgan fingerprint density at radius 1 is 1.04 bits per heavy atom.